The molecule has 3 rings (SSSR count). The molecule has 0 aliphatic rings. The van der Waals surface area contributed by atoms with Gasteiger partial charge in [0.05, 0.1) is 11.0 Å². The van der Waals surface area contributed by atoms with Crippen molar-refractivity contribution in [2.24, 2.45) is 5.73 Å². The van der Waals surface area contributed by atoms with Crippen LogP contribution < -0.4 is 11.2 Å². The molecule has 1 aromatic heterocycles. The molecule has 0 radical (unpaired) electrons. The van der Waals surface area contributed by atoms with Crippen LogP contribution in [0.2, 0.25) is 0 Å². The zero-order chi connectivity index (χ0) is 18.4. The van der Waals surface area contributed by atoms with Crippen LogP contribution in [0.5, 0.6) is 0 Å². The van der Waals surface area contributed by atoms with E-state index in [2.05, 4.69) is 4.57 Å². The first-order chi connectivity index (χ1) is 12.7. The molecule has 0 spiro atoms. The SMILES string of the molecule is NCCCC(=O)CCCCCn1c2ccccc2c(=O)c2ccccc21. The maximum Gasteiger partial charge on any atom is 0.197 e. The van der Waals surface area contributed by atoms with Crippen molar-refractivity contribution in [2.75, 3.05) is 6.54 Å². The van der Waals surface area contributed by atoms with Crippen molar-refractivity contribution in [3.05, 3.63) is 58.8 Å². The van der Waals surface area contributed by atoms with Crippen molar-refractivity contribution < 1.29 is 4.79 Å². The van der Waals surface area contributed by atoms with Crippen molar-refractivity contribution in [2.45, 2.75) is 45.1 Å². The Hall–Kier alpha value is -2.46. The fourth-order valence-electron chi connectivity index (χ4n) is 3.51. The maximum atomic E-state index is 12.7. The van der Waals surface area contributed by atoms with Crippen LogP contribution in [0, 0.1) is 0 Å². The Bertz CT molecular complexity index is 899. The molecular formula is C22H26N2O2. The van der Waals surface area contributed by atoms with Gasteiger partial charge in [0, 0.05) is 30.2 Å². The molecule has 2 N–H and O–H groups in total. The van der Waals surface area contributed by atoms with Gasteiger partial charge in [0.2, 0.25) is 0 Å². The lowest BCUT2D eigenvalue weighted by atomic mass is 10.1. The minimum Gasteiger partial charge on any atom is -0.340 e. The quantitative estimate of drug-likeness (QED) is 0.468. The van der Waals surface area contributed by atoms with Gasteiger partial charge in [0.1, 0.15) is 5.78 Å². The van der Waals surface area contributed by atoms with Crippen LogP contribution in [0.15, 0.2) is 53.3 Å². The summed E-state index contributed by atoms with van der Waals surface area (Å²) in [5.41, 5.74) is 7.50. The van der Waals surface area contributed by atoms with Gasteiger partial charge >= 0.3 is 0 Å². The average Bonchev–Trinajstić information content (AvgIpc) is 2.68. The molecule has 0 aliphatic heterocycles. The van der Waals surface area contributed by atoms with Crippen molar-refractivity contribution in [1.29, 1.82) is 0 Å². The van der Waals surface area contributed by atoms with E-state index in [1.807, 2.05) is 48.5 Å². The van der Waals surface area contributed by atoms with Gasteiger partial charge in [-0.2, -0.15) is 0 Å². The number of carbonyl (C=O) groups excluding carboxylic acids is 1. The number of hydrogen-bond donors (Lipinski definition) is 1. The first kappa shape index (κ1) is 18.3. The normalized spacial score (nSPS) is 11.3. The van der Waals surface area contributed by atoms with Crippen LogP contribution >= 0.6 is 0 Å². The molecule has 0 fully saturated rings. The number of hydrogen-bond acceptors (Lipinski definition) is 3. The molecule has 3 aromatic rings. The van der Waals surface area contributed by atoms with Crippen molar-refractivity contribution in [3.8, 4) is 0 Å². The van der Waals surface area contributed by atoms with Gasteiger partial charge in [-0.05, 0) is 50.1 Å². The Balaban J connectivity index is 1.74. The standard InChI is InChI=1S/C22H26N2O2/c23-15-8-10-17(25)9-2-1-7-16-24-20-13-5-3-11-18(20)22(26)19-12-4-6-14-21(19)24/h3-6,11-14H,1-2,7-10,15-16,23H2. The number of nitrogens with two attached hydrogens (primary N) is 1. The highest BCUT2D eigenvalue weighted by Crippen LogP contribution is 2.20. The molecule has 2 aromatic carbocycles. The van der Waals surface area contributed by atoms with Gasteiger partial charge in [-0.3, -0.25) is 9.59 Å². The predicted molar refractivity (Wildman–Crippen MR) is 107 cm³/mol. The Morgan fingerprint density at radius 3 is 2.00 bits per heavy atom. The highest BCUT2D eigenvalue weighted by molar-refractivity contribution is 5.93. The second-order valence-electron chi connectivity index (χ2n) is 6.76. The molecule has 0 amide bonds. The second kappa shape index (κ2) is 8.77. The van der Waals surface area contributed by atoms with E-state index >= 15 is 0 Å². The van der Waals surface area contributed by atoms with E-state index < -0.39 is 0 Å². The number of nitrogens with zero attached hydrogens (tertiary/aromatic N) is 1. The largest absolute Gasteiger partial charge is 0.340 e. The minimum atomic E-state index is 0.0953. The smallest absolute Gasteiger partial charge is 0.197 e. The summed E-state index contributed by atoms with van der Waals surface area (Å²) in [5, 5.41) is 1.53. The van der Waals surface area contributed by atoms with Gasteiger partial charge in [-0.1, -0.05) is 30.7 Å². The van der Waals surface area contributed by atoms with E-state index in [0.717, 1.165) is 54.0 Å². The summed E-state index contributed by atoms with van der Waals surface area (Å²) < 4.78 is 2.24. The number of aromatic nitrogens is 1. The molecule has 0 saturated carbocycles. The van der Waals surface area contributed by atoms with Crippen LogP contribution in [0.1, 0.15) is 38.5 Å². The molecule has 136 valence electrons. The third-order valence-corrected chi connectivity index (χ3v) is 4.88. The fourth-order valence-corrected chi connectivity index (χ4v) is 3.51. The van der Waals surface area contributed by atoms with Gasteiger partial charge in [0.25, 0.3) is 0 Å². The van der Waals surface area contributed by atoms with Gasteiger partial charge in [0.15, 0.2) is 5.43 Å². The zero-order valence-electron chi connectivity index (χ0n) is 15.1. The van der Waals surface area contributed by atoms with Crippen molar-refractivity contribution in [3.63, 3.8) is 0 Å². The number of ketones is 1. The molecule has 0 bridgehead atoms. The Kier molecular flexibility index (Phi) is 6.18. The zero-order valence-corrected chi connectivity index (χ0v) is 15.1. The molecule has 26 heavy (non-hydrogen) atoms. The first-order valence-electron chi connectivity index (χ1n) is 9.44. The van der Waals surface area contributed by atoms with Crippen LogP contribution in [0.4, 0.5) is 0 Å². The van der Waals surface area contributed by atoms with Crippen LogP contribution in [-0.2, 0) is 11.3 Å². The first-order valence-corrected chi connectivity index (χ1v) is 9.44. The second-order valence-corrected chi connectivity index (χ2v) is 6.76. The highest BCUT2D eigenvalue weighted by Gasteiger charge is 2.09. The Morgan fingerprint density at radius 2 is 1.38 bits per heavy atom. The minimum absolute atomic E-state index is 0.0953. The summed E-state index contributed by atoms with van der Waals surface area (Å²) in [5.74, 6) is 0.315. The topological polar surface area (TPSA) is 65.1 Å². The highest BCUT2D eigenvalue weighted by atomic mass is 16.1. The number of unbranched alkanes of at least 4 members (excludes halogenated alkanes) is 2. The molecule has 0 saturated heterocycles. The van der Waals surface area contributed by atoms with Crippen LogP contribution in [-0.4, -0.2) is 16.9 Å². The molecule has 0 aliphatic carbocycles. The summed E-state index contributed by atoms with van der Waals surface area (Å²) in [6.45, 7) is 1.43. The molecule has 1 heterocycles. The number of aryl methyl sites for hydroxylation is 1. The number of pyridine rings is 1. The molecule has 0 unspecified atom stereocenters. The monoisotopic (exact) mass is 350 g/mol. The number of rotatable bonds is 9. The molecule has 0 atom stereocenters. The van der Waals surface area contributed by atoms with Crippen molar-refractivity contribution in [1.82, 2.24) is 4.57 Å². The van der Waals surface area contributed by atoms with Gasteiger partial charge in [-0.15, -0.1) is 0 Å². The van der Waals surface area contributed by atoms with E-state index in [0.29, 0.717) is 25.2 Å². The Labute approximate surface area is 153 Å². The summed E-state index contributed by atoms with van der Waals surface area (Å²) >= 11 is 0. The lowest BCUT2D eigenvalue weighted by molar-refractivity contribution is -0.119. The molecular weight excluding hydrogens is 324 g/mol. The van der Waals surface area contributed by atoms with E-state index in [-0.39, 0.29) is 5.43 Å². The average molecular weight is 350 g/mol. The number of carbonyl (C=O) groups is 1. The number of para-hydroxylation sites is 2. The maximum absolute atomic E-state index is 12.7. The van der Waals surface area contributed by atoms with E-state index in [1.54, 1.807) is 0 Å². The number of benzene rings is 2. The molecule has 4 heteroatoms. The van der Waals surface area contributed by atoms with E-state index in [1.165, 1.54) is 0 Å². The van der Waals surface area contributed by atoms with E-state index in [4.69, 9.17) is 5.73 Å². The fraction of sp³-hybridized carbons (Fsp3) is 0.364. The van der Waals surface area contributed by atoms with Gasteiger partial charge < -0.3 is 10.3 Å². The lowest BCUT2D eigenvalue weighted by Gasteiger charge is -2.15. The number of Topliss-reactive ketones (excluding diaryl/α,β-unsaturated/α-hetero) is 1. The number of fused-ring (bicyclic) bond motifs is 2. The third-order valence-electron chi connectivity index (χ3n) is 4.88. The lowest BCUT2D eigenvalue weighted by Crippen LogP contribution is -2.11. The van der Waals surface area contributed by atoms with Crippen LogP contribution in [0.25, 0.3) is 21.8 Å². The summed E-state index contributed by atoms with van der Waals surface area (Å²) in [6.07, 6.45) is 4.94. The van der Waals surface area contributed by atoms with Crippen LogP contribution in [0.3, 0.4) is 0 Å². The Morgan fingerprint density at radius 1 is 0.808 bits per heavy atom. The summed E-state index contributed by atoms with van der Waals surface area (Å²) in [4.78, 5) is 24.4. The summed E-state index contributed by atoms with van der Waals surface area (Å²) in [6, 6.07) is 15.6. The van der Waals surface area contributed by atoms with E-state index in [9.17, 15) is 9.59 Å². The third kappa shape index (κ3) is 4.02. The molecule has 4 nitrogen and oxygen atoms in total. The van der Waals surface area contributed by atoms with Crippen molar-refractivity contribution >= 4 is 27.6 Å². The van der Waals surface area contributed by atoms with Gasteiger partial charge in [-0.25, -0.2) is 0 Å². The summed E-state index contributed by atoms with van der Waals surface area (Å²) in [7, 11) is 0. The predicted octanol–water partition coefficient (Wildman–Crippen LogP) is 4.02.